The van der Waals surface area contributed by atoms with Crippen LogP contribution in [0.4, 0.5) is 0 Å². The lowest BCUT2D eigenvalue weighted by Gasteiger charge is -2.30. The van der Waals surface area contributed by atoms with Crippen LogP contribution in [0, 0.1) is 0 Å². The minimum absolute atomic E-state index is 0.115. The molecule has 2 N–H and O–H groups in total. The lowest BCUT2D eigenvalue weighted by molar-refractivity contribution is 0.00549. The van der Waals surface area contributed by atoms with Gasteiger partial charge in [-0.1, -0.05) is 6.92 Å². The van der Waals surface area contributed by atoms with E-state index in [0.29, 0.717) is 26.1 Å². The van der Waals surface area contributed by atoms with E-state index >= 15 is 0 Å². The Bertz CT molecular complexity index is 139. The minimum atomic E-state index is -0.678. The van der Waals surface area contributed by atoms with E-state index in [4.69, 9.17) is 9.84 Å². The highest BCUT2D eigenvalue weighted by molar-refractivity contribution is 4.75. The van der Waals surface area contributed by atoms with Gasteiger partial charge in [-0.2, -0.15) is 0 Å². The summed E-state index contributed by atoms with van der Waals surface area (Å²) in [5, 5.41) is 18.7. The van der Waals surface area contributed by atoms with Gasteiger partial charge in [0.25, 0.3) is 0 Å². The highest BCUT2D eigenvalue weighted by Crippen LogP contribution is 2.10. The largest absolute Gasteiger partial charge is 0.395 e. The van der Waals surface area contributed by atoms with Crippen molar-refractivity contribution in [3.63, 3.8) is 0 Å². The zero-order valence-electron chi connectivity index (χ0n) is 9.49. The van der Waals surface area contributed by atoms with Gasteiger partial charge in [-0.15, -0.1) is 0 Å². The molecule has 1 unspecified atom stereocenters. The number of hydrogen-bond donors (Lipinski definition) is 2. The Labute approximate surface area is 86.5 Å². The Morgan fingerprint density at radius 1 is 1.36 bits per heavy atom. The molecule has 0 spiro atoms. The van der Waals surface area contributed by atoms with Crippen molar-refractivity contribution in [1.29, 1.82) is 0 Å². The maximum absolute atomic E-state index is 9.86. The first-order chi connectivity index (χ1) is 6.55. The molecule has 0 fully saturated rings. The zero-order valence-corrected chi connectivity index (χ0v) is 9.49. The van der Waals surface area contributed by atoms with E-state index < -0.39 is 5.60 Å². The molecule has 0 aliphatic heterocycles. The summed E-state index contributed by atoms with van der Waals surface area (Å²) >= 11 is 0. The summed E-state index contributed by atoms with van der Waals surface area (Å²) in [5.41, 5.74) is -0.678. The Morgan fingerprint density at radius 3 is 2.43 bits per heavy atom. The normalized spacial score (nSPS) is 15.9. The molecule has 0 aliphatic rings. The average Bonchev–Trinajstić information content (AvgIpc) is 2.14. The molecule has 4 nitrogen and oxygen atoms in total. The molecule has 0 aromatic heterocycles. The zero-order chi connectivity index (χ0) is 11.0. The van der Waals surface area contributed by atoms with Crippen LogP contribution >= 0.6 is 0 Å². The van der Waals surface area contributed by atoms with E-state index in [0.717, 1.165) is 6.54 Å². The van der Waals surface area contributed by atoms with Crippen molar-refractivity contribution in [2.24, 2.45) is 0 Å². The molecule has 0 bridgehead atoms. The monoisotopic (exact) mass is 205 g/mol. The first-order valence-electron chi connectivity index (χ1n) is 5.10. The van der Waals surface area contributed by atoms with E-state index in [1.54, 1.807) is 7.11 Å². The van der Waals surface area contributed by atoms with Gasteiger partial charge in [0.2, 0.25) is 0 Å². The number of nitrogens with zero attached hydrogens (tertiary/aromatic N) is 1. The molecule has 14 heavy (non-hydrogen) atoms. The second kappa shape index (κ2) is 7.17. The average molecular weight is 205 g/mol. The lowest BCUT2D eigenvalue weighted by atomic mass is 10.0. The van der Waals surface area contributed by atoms with Crippen LogP contribution in [0.1, 0.15) is 20.3 Å². The topological polar surface area (TPSA) is 52.9 Å². The van der Waals surface area contributed by atoms with Crippen LogP contribution in [0.3, 0.4) is 0 Å². The summed E-state index contributed by atoms with van der Waals surface area (Å²) in [5.74, 6) is 0. The summed E-state index contributed by atoms with van der Waals surface area (Å²) in [7, 11) is 1.65. The Balaban J connectivity index is 3.94. The Morgan fingerprint density at radius 2 is 2.00 bits per heavy atom. The molecule has 0 aromatic carbocycles. The van der Waals surface area contributed by atoms with E-state index in [9.17, 15) is 5.11 Å². The summed E-state index contributed by atoms with van der Waals surface area (Å²) < 4.78 is 4.96. The van der Waals surface area contributed by atoms with Crippen molar-refractivity contribution in [3.8, 4) is 0 Å². The predicted octanol–water partition coefficient (Wildman–Crippen LogP) is 0.0881. The van der Waals surface area contributed by atoms with E-state index in [1.165, 1.54) is 0 Å². The van der Waals surface area contributed by atoms with Crippen molar-refractivity contribution >= 4 is 0 Å². The fourth-order valence-electron chi connectivity index (χ4n) is 1.23. The molecule has 0 aliphatic carbocycles. The van der Waals surface area contributed by atoms with Crippen molar-refractivity contribution in [2.45, 2.75) is 25.9 Å². The minimum Gasteiger partial charge on any atom is -0.395 e. The van der Waals surface area contributed by atoms with Crippen molar-refractivity contribution in [3.05, 3.63) is 0 Å². The van der Waals surface area contributed by atoms with Gasteiger partial charge in [0.05, 0.1) is 18.8 Å². The van der Waals surface area contributed by atoms with Crippen LogP contribution in [0.2, 0.25) is 0 Å². The third-order valence-electron chi connectivity index (χ3n) is 2.35. The number of hydrogen-bond acceptors (Lipinski definition) is 4. The van der Waals surface area contributed by atoms with Gasteiger partial charge in [-0.05, 0) is 13.3 Å². The smallest absolute Gasteiger partial charge is 0.0743 e. The third-order valence-corrected chi connectivity index (χ3v) is 2.35. The standard InChI is InChI=1S/C10H23NO3/c1-4-10(2,13)9-11(5-7-12)6-8-14-3/h12-13H,4-9H2,1-3H3. The van der Waals surface area contributed by atoms with Crippen LogP contribution < -0.4 is 0 Å². The Kier molecular flexibility index (Phi) is 7.09. The first-order valence-corrected chi connectivity index (χ1v) is 5.10. The van der Waals surface area contributed by atoms with E-state index in [2.05, 4.69) is 0 Å². The summed E-state index contributed by atoms with van der Waals surface area (Å²) in [4.78, 5) is 2.01. The predicted molar refractivity (Wildman–Crippen MR) is 56.3 cm³/mol. The Hall–Kier alpha value is -0.160. The van der Waals surface area contributed by atoms with Gasteiger partial charge < -0.3 is 14.9 Å². The van der Waals surface area contributed by atoms with Crippen molar-refractivity contribution < 1.29 is 14.9 Å². The number of rotatable bonds is 8. The van der Waals surface area contributed by atoms with Gasteiger partial charge in [0.15, 0.2) is 0 Å². The number of aliphatic hydroxyl groups is 2. The van der Waals surface area contributed by atoms with Crippen LogP contribution in [0.25, 0.3) is 0 Å². The highest BCUT2D eigenvalue weighted by Gasteiger charge is 2.21. The van der Waals surface area contributed by atoms with E-state index in [-0.39, 0.29) is 6.61 Å². The van der Waals surface area contributed by atoms with Crippen LogP contribution in [-0.4, -0.2) is 60.7 Å². The van der Waals surface area contributed by atoms with Crippen LogP contribution in [0.5, 0.6) is 0 Å². The van der Waals surface area contributed by atoms with Gasteiger partial charge >= 0.3 is 0 Å². The second-order valence-electron chi connectivity index (χ2n) is 3.84. The lowest BCUT2D eigenvalue weighted by Crippen LogP contribution is -2.43. The number of aliphatic hydroxyl groups excluding tert-OH is 1. The molecule has 1 atom stereocenters. The molecule has 0 rings (SSSR count). The highest BCUT2D eigenvalue weighted by atomic mass is 16.5. The molecule has 0 saturated carbocycles. The molecule has 0 aromatic rings. The second-order valence-corrected chi connectivity index (χ2v) is 3.84. The SMILES string of the molecule is CCC(C)(O)CN(CCO)CCOC. The van der Waals surface area contributed by atoms with E-state index in [1.807, 2.05) is 18.7 Å². The molecule has 0 saturated heterocycles. The number of methoxy groups -OCH3 is 1. The molecule has 4 heteroatoms. The maximum atomic E-state index is 9.86. The maximum Gasteiger partial charge on any atom is 0.0743 e. The van der Waals surface area contributed by atoms with Crippen molar-refractivity contribution in [1.82, 2.24) is 4.90 Å². The quantitative estimate of drug-likeness (QED) is 0.589. The van der Waals surface area contributed by atoms with Gasteiger partial charge in [0.1, 0.15) is 0 Å². The fourth-order valence-corrected chi connectivity index (χ4v) is 1.23. The first kappa shape index (κ1) is 13.8. The molecule has 86 valence electrons. The van der Waals surface area contributed by atoms with Gasteiger partial charge in [0, 0.05) is 26.7 Å². The van der Waals surface area contributed by atoms with Gasteiger partial charge in [-0.3, -0.25) is 4.90 Å². The molecule has 0 radical (unpaired) electrons. The fraction of sp³-hybridized carbons (Fsp3) is 1.00. The van der Waals surface area contributed by atoms with Crippen LogP contribution in [-0.2, 0) is 4.74 Å². The van der Waals surface area contributed by atoms with Crippen LogP contribution in [0.15, 0.2) is 0 Å². The molecular formula is C10H23NO3. The molecular weight excluding hydrogens is 182 g/mol. The number of ether oxygens (including phenoxy) is 1. The third kappa shape index (κ3) is 6.32. The summed E-state index contributed by atoms with van der Waals surface area (Å²) in [6.45, 7) is 6.40. The summed E-state index contributed by atoms with van der Waals surface area (Å²) in [6, 6.07) is 0. The summed E-state index contributed by atoms with van der Waals surface area (Å²) in [6.07, 6.45) is 0.710. The van der Waals surface area contributed by atoms with Crippen molar-refractivity contribution in [2.75, 3.05) is 40.0 Å². The van der Waals surface area contributed by atoms with Gasteiger partial charge in [-0.25, -0.2) is 0 Å². The molecule has 0 amide bonds. The molecule has 0 heterocycles.